The molecular formula is C18H19N5O. The number of nitrogens with two attached hydrogens (primary N) is 1. The predicted octanol–water partition coefficient (Wildman–Crippen LogP) is 3.08. The van der Waals surface area contributed by atoms with Gasteiger partial charge in [-0.1, -0.05) is 26.0 Å². The van der Waals surface area contributed by atoms with Crippen molar-refractivity contribution in [3.8, 4) is 6.07 Å². The number of hydrogen-bond donors (Lipinski definition) is 1. The van der Waals surface area contributed by atoms with Crippen molar-refractivity contribution >= 4 is 28.6 Å². The van der Waals surface area contributed by atoms with Gasteiger partial charge in [0.1, 0.15) is 11.8 Å². The summed E-state index contributed by atoms with van der Waals surface area (Å²) in [5.41, 5.74) is 7.01. The molecule has 122 valence electrons. The van der Waals surface area contributed by atoms with Gasteiger partial charge in [-0.15, -0.1) is 0 Å². The van der Waals surface area contributed by atoms with Crippen LogP contribution in [0.5, 0.6) is 0 Å². The third kappa shape index (κ3) is 3.63. The van der Waals surface area contributed by atoms with E-state index in [1.807, 2.05) is 6.21 Å². The van der Waals surface area contributed by atoms with E-state index in [4.69, 9.17) is 5.73 Å². The average Bonchev–Trinajstić information content (AvgIpc) is 2.59. The van der Waals surface area contributed by atoms with E-state index < -0.39 is 5.91 Å². The first-order chi connectivity index (χ1) is 11.5. The molecule has 24 heavy (non-hydrogen) atoms. The number of amides is 1. The highest BCUT2D eigenvalue weighted by molar-refractivity contribution is 6.05. The highest BCUT2D eigenvalue weighted by Crippen LogP contribution is 2.22. The lowest BCUT2D eigenvalue weighted by atomic mass is 10.1. The molecule has 0 aliphatic carbocycles. The van der Waals surface area contributed by atoms with E-state index in [2.05, 4.69) is 34.9 Å². The molecule has 2 N–H and O–H groups in total. The number of benzene rings is 1. The van der Waals surface area contributed by atoms with Gasteiger partial charge < -0.3 is 5.73 Å². The van der Waals surface area contributed by atoms with Gasteiger partial charge in [0.2, 0.25) is 0 Å². The fraction of sp³-hybridized carbons (Fsp3) is 0.278. The first-order valence-electron chi connectivity index (χ1n) is 7.69. The Bertz CT molecular complexity index is 877. The number of carbonyl (C=O) groups is 1. The van der Waals surface area contributed by atoms with Gasteiger partial charge in [-0.2, -0.15) is 5.26 Å². The summed E-state index contributed by atoms with van der Waals surface area (Å²) in [6.07, 6.45) is 4.49. The molecule has 6 nitrogen and oxygen atoms in total. The quantitative estimate of drug-likeness (QED) is 0.854. The SMILES string of the molecule is CCC(C)C=N/C=C(\C)c1nc(C(N)=O)c2cccc(C#N)c2n1. The van der Waals surface area contributed by atoms with Gasteiger partial charge in [-0.3, -0.25) is 9.79 Å². The molecule has 2 aromatic rings. The maximum absolute atomic E-state index is 11.7. The van der Waals surface area contributed by atoms with E-state index in [0.29, 0.717) is 33.8 Å². The molecule has 1 aromatic heterocycles. The summed E-state index contributed by atoms with van der Waals surface area (Å²) in [5.74, 6) is 0.0490. The zero-order chi connectivity index (χ0) is 17.7. The minimum absolute atomic E-state index is 0.103. The van der Waals surface area contributed by atoms with Crippen LogP contribution in [-0.2, 0) is 0 Å². The number of nitriles is 1. The number of carbonyl (C=O) groups excluding carboxylic acids is 1. The maximum atomic E-state index is 11.7. The fourth-order valence-electron chi connectivity index (χ4n) is 2.07. The van der Waals surface area contributed by atoms with Gasteiger partial charge in [0, 0.05) is 23.4 Å². The summed E-state index contributed by atoms with van der Waals surface area (Å²) in [6.45, 7) is 5.96. The predicted molar refractivity (Wildman–Crippen MR) is 94.4 cm³/mol. The Balaban J connectivity index is 2.59. The molecule has 0 saturated carbocycles. The molecule has 1 aromatic carbocycles. The smallest absolute Gasteiger partial charge is 0.268 e. The van der Waals surface area contributed by atoms with Crippen molar-refractivity contribution in [3.63, 3.8) is 0 Å². The van der Waals surface area contributed by atoms with Crippen LogP contribution >= 0.6 is 0 Å². The average molecular weight is 321 g/mol. The molecule has 1 unspecified atom stereocenters. The zero-order valence-electron chi connectivity index (χ0n) is 13.9. The molecule has 0 spiro atoms. The highest BCUT2D eigenvalue weighted by Gasteiger charge is 2.15. The number of rotatable bonds is 5. The van der Waals surface area contributed by atoms with Gasteiger partial charge in [-0.25, -0.2) is 9.97 Å². The number of aromatic nitrogens is 2. The van der Waals surface area contributed by atoms with Crippen LogP contribution in [0.4, 0.5) is 0 Å². The Morgan fingerprint density at radius 3 is 2.83 bits per heavy atom. The Hall–Kier alpha value is -3.07. The Morgan fingerprint density at radius 2 is 2.21 bits per heavy atom. The standard InChI is InChI=1S/C18H19N5O/c1-4-11(2)9-21-10-12(3)18-22-15-13(8-19)6-5-7-14(15)16(23-18)17(20)24/h5-7,9-11H,4H2,1-3H3,(H2,20,24)/b12-10+,21-9?. The molecule has 0 aliphatic rings. The number of nitrogens with zero attached hydrogens (tertiary/aromatic N) is 4. The lowest BCUT2D eigenvalue weighted by Gasteiger charge is -2.07. The molecule has 1 amide bonds. The first-order valence-corrected chi connectivity index (χ1v) is 7.69. The Labute approximate surface area is 140 Å². The molecule has 0 saturated heterocycles. The van der Waals surface area contributed by atoms with Crippen LogP contribution < -0.4 is 5.73 Å². The molecule has 0 aliphatic heterocycles. The van der Waals surface area contributed by atoms with E-state index in [1.165, 1.54) is 0 Å². The summed E-state index contributed by atoms with van der Waals surface area (Å²) in [6, 6.07) is 7.08. The number of fused-ring (bicyclic) bond motifs is 1. The first kappa shape index (κ1) is 17.3. The van der Waals surface area contributed by atoms with Crippen molar-refractivity contribution < 1.29 is 4.79 Å². The van der Waals surface area contributed by atoms with Crippen molar-refractivity contribution in [2.45, 2.75) is 27.2 Å². The second-order valence-corrected chi connectivity index (χ2v) is 5.57. The number of allylic oxidation sites excluding steroid dienone is 1. The Morgan fingerprint density at radius 1 is 1.46 bits per heavy atom. The second-order valence-electron chi connectivity index (χ2n) is 5.57. The molecule has 1 atom stereocenters. The van der Waals surface area contributed by atoms with Crippen molar-refractivity contribution in [3.05, 3.63) is 41.5 Å². The summed E-state index contributed by atoms with van der Waals surface area (Å²) >= 11 is 0. The minimum atomic E-state index is -0.658. The normalized spacial score (nSPS) is 13.2. The molecule has 0 radical (unpaired) electrons. The molecule has 0 bridgehead atoms. The number of para-hydroxylation sites is 1. The molecule has 6 heteroatoms. The summed E-state index contributed by atoms with van der Waals surface area (Å²) < 4.78 is 0. The van der Waals surface area contributed by atoms with Gasteiger partial charge in [0.15, 0.2) is 5.82 Å². The number of primary amides is 1. The van der Waals surface area contributed by atoms with Crippen LogP contribution in [-0.4, -0.2) is 22.1 Å². The number of hydrogen-bond acceptors (Lipinski definition) is 5. The molecule has 1 heterocycles. The maximum Gasteiger partial charge on any atom is 0.268 e. The zero-order valence-corrected chi connectivity index (χ0v) is 13.9. The van der Waals surface area contributed by atoms with E-state index >= 15 is 0 Å². The monoisotopic (exact) mass is 321 g/mol. The fourth-order valence-corrected chi connectivity index (χ4v) is 2.07. The van der Waals surface area contributed by atoms with Gasteiger partial charge in [0.05, 0.1) is 11.1 Å². The summed E-state index contributed by atoms with van der Waals surface area (Å²) in [5, 5.41) is 9.73. The van der Waals surface area contributed by atoms with Crippen LogP contribution in [0.15, 0.2) is 29.4 Å². The van der Waals surface area contributed by atoms with Crippen molar-refractivity contribution in [1.29, 1.82) is 5.26 Å². The third-order valence-corrected chi connectivity index (χ3v) is 3.69. The van der Waals surface area contributed by atoms with Gasteiger partial charge in [-0.05, 0) is 25.3 Å². The van der Waals surface area contributed by atoms with Crippen LogP contribution in [0.25, 0.3) is 16.5 Å². The van der Waals surface area contributed by atoms with Crippen molar-refractivity contribution in [2.75, 3.05) is 0 Å². The van der Waals surface area contributed by atoms with E-state index in [0.717, 1.165) is 6.42 Å². The summed E-state index contributed by atoms with van der Waals surface area (Å²) in [7, 11) is 0. The Kier molecular flexibility index (Phi) is 5.38. The van der Waals surface area contributed by atoms with Crippen molar-refractivity contribution in [2.24, 2.45) is 16.6 Å². The van der Waals surface area contributed by atoms with Gasteiger partial charge >= 0.3 is 0 Å². The number of aliphatic imine (C=N–C) groups is 1. The molecule has 2 rings (SSSR count). The third-order valence-electron chi connectivity index (χ3n) is 3.69. The highest BCUT2D eigenvalue weighted by atomic mass is 16.1. The molecular weight excluding hydrogens is 302 g/mol. The van der Waals surface area contributed by atoms with Crippen LogP contribution in [0.3, 0.4) is 0 Å². The van der Waals surface area contributed by atoms with E-state index in [9.17, 15) is 10.1 Å². The lowest BCUT2D eigenvalue weighted by Crippen LogP contribution is -2.15. The van der Waals surface area contributed by atoms with Crippen LogP contribution in [0.2, 0.25) is 0 Å². The lowest BCUT2D eigenvalue weighted by molar-refractivity contribution is 0.0997. The van der Waals surface area contributed by atoms with Crippen LogP contribution in [0.1, 0.15) is 49.1 Å². The molecule has 0 fully saturated rings. The van der Waals surface area contributed by atoms with Crippen LogP contribution in [0, 0.1) is 17.2 Å². The second kappa shape index (κ2) is 7.47. The van der Waals surface area contributed by atoms with E-state index in [-0.39, 0.29) is 5.69 Å². The minimum Gasteiger partial charge on any atom is -0.364 e. The largest absolute Gasteiger partial charge is 0.364 e. The van der Waals surface area contributed by atoms with Crippen molar-refractivity contribution in [1.82, 2.24) is 9.97 Å². The van der Waals surface area contributed by atoms with Gasteiger partial charge in [0.25, 0.3) is 5.91 Å². The van der Waals surface area contributed by atoms with E-state index in [1.54, 1.807) is 31.3 Å². The topological polar surface area (TPSA) is 105 Å². The summed E-state index contributed by atoms with van der Waals surface area (Å²) in [4.78, 5) is 24.7.